The van der Waals surface area contributed by atoms with E-state index in [-0.39, 0.29) is 11.5 Å². The molecule has 0 aliphatic heterocycles. The molecule has 1 rings (SSSR count). The van der Waals surface area contributed by atoms with Crippen molar-refractivity contribution in [3.63, 3.8) is 0 Å². The molecule has 0 saturated carbocycles. The lowest BCUT2D eigenvalue weighted by Gasteiger charge is -2.27. The normalized spacial score (nSPS) is 13.9. The number of nitrogens with two attached hydrogens (primary N) is 1. The topological polar surface area (TPSA) is 55.1 Å². The third kappa shape index (κ3) is 6.62. The van der Waals surface area contributed by atoms with Crippen LogP contribution >= 0.6 is 0 Å². The van der Waals surface area contributed by atoms with Crippen molar-refractivity contribution in [1.29, 1.82) is 0 Å². The Bertz CT molecular complexity index is 479. The Morgan fingerprint density at radius 1 is 1.14 bits per heavy atom. The molecule has 118 valence electrons. The second-order valence-electron chi connectivity index (χ2n) is 5.95. The highest BCUT2D eigenvalue weighted by Crippen LogP contribution is 2.22. The zero-order valence-corrected chi connectivity index (χ0v) is 12.4. The van der Waals surface area contributed by atoms with Gasteiger partial charge in [0.05, 0.1) is 12.5 Å². The maximum Gasteiger partial charge on any atom is 0.393 e. The van der Waals surface area contributed by atoms with Gasteiger partial charge in [0.25, 0.3) is 0 Å². The van der Waals surface area contributed by atoms with E-state index < -0.39 is 24.2 Å². The van der Waals surface area contributed by atoms with Crippen molar-refractivity contribution >= 4 is 5.91 Å². The van der Waals surface area contributed by atoms with E-state index in [0.717, 1.165) is 5.56 Å². The Hall–Kier alpha value is -1.56. The van der Waals surface area contributed by atoms with Gasteiger partial charge in [0.2, 0.25) is 5.91 Å². The van der Waals surface area contributed by atoms with Crippen molar-refractivity contribution in [2.45, 2.75) is 51.4 Å². The monoisotopic (exact) mass is 302 g/mol. The van der Waals surface area contributed by atoms with E-state index in [1.807, 2.05) is 13.8 Å². The molecular formula is C15H21F3N2O. The number of carbonyl (C=O) groups excluding carboxylic acids is 1. The quantitative estimate of drug-likeness (QED) is 0.878. The maximum atomic E-state index is 12.3. The minimum Gasteiger partial charge on any atom is -0.350 e. The Balaban J connectivity index is 2.68. The van der Waals surface area contributed by atoms with E-state index in [2.05, 4.69) is 5.32 Å². The fourth-order valence-electron chi connectivity index (χ4n) is 2.01. The maximum absolute atomic E-state index is 12.3. The largest absolute Gasteiger partial charge is 0.393 e. The van der Waals surface area contributed by atoms with Crippen LogP contribution in [0.1, 0.15) is 31.9 Å². The first kappa shape index (κ1) is 17.5. The summed E-state index contributed by atoms with van der Waals surface area (Å²) in [7, 11) is 0. The summed E-state index contributed by atoms with van der Waals surface area (Å²) in [6.45, 7) is 5.28. The van der Waals surface area contributed by atoms with Gasteiger partial charge in [0, 0.05) is 5.54 Å². The summed E-state index contributed by atoms with van der Waals surface area (Å²) in [5.74, 6) is -0.256. The number of carbonyl (C=O) groups is 1. The predicted octanol–water partition coefficient (Wildman–Crippen LogP) is 2.58. The van der Waals surface area contributed by atoms with Crippen LogP contribution in [-0.2, 0) is 17.6 Å². The van der Waals surface area contributed by atoms with Crippen molar-refractivity contribution in [2.75, 3.05) is 0 Å². The molecule has 21 heavy (non-hydrogen) atoms. The first-order chi connectivity index (χ1) is 9.48. The average molecular weight is 302 g/mol. The van der Waals surface area contributed by atoms with E-state index in [0.29, 0.717) is 6.42 Å². The van der Waals surface area contributed by atoms with Gasteiger partial charge in [-0.25, -0.2) is 0 Å². The predicted molar refractivity (Wildman–Crippen MR) is 75.8 cm³/mol. The summed E-state index contributed by atoms with van der Waals surface area (Å²) in [5.41, 5.74) is 6.06. The van der Waals surface area contributed by atoms with Crippen LogP contribution in [0, 0.1) is 0 Å². The minimum atomic E-state index is -4.20. The van der Waals surface area contributed by atoms with Crippen LogP contribution in [0.3, 0.4) is 0 Å². The fourth-order valence-corrected chi connectivity index (χ4v) is 2.01. The summed E-state index contributed by atoms with van der Waals surface area (Å²) < 4.78 is 36.8. The molecule has 0 spiro atoms. The van der Waals surface area contributed by atoms with Crippen LogP contribution in [0.2, 0.25) is 0 Å². The summed E-state index contributed by atoms with van der Waals surface area (Å²) in [5, 5.41) is 2.81. The van der Waals surface area contributed by atoms with Crippen LogP contribution in [0.5, 0.6) is 0 Å². The Kier molecular flexibility index (Phi) is 5.39. The first-order valence-electron chi connectivity index (χ1n) is 6.71. The number of amides is 1. The SMILES string of the molecule is CC(N)C(=O)NC(C)(C)Cc1ccc(CC(F)(F)F)cc1. The van der Waals surface area contributed by atoms with Gasteiger partial charge in [-0.1, -0.05) is 24.3 Å². The molecule has 0 fully saturated rings. The van der Waals surface area contributed by atoms with Crippen LogP contribution in [0.4, 0.5) is 13.2 Å². The van der Waals surface area contributed by atoms with E-state index in [9.17, 15) is 18.0 Å². The molecule has 0 radical (unpaired) electrons. The molecule has 3 nitrogen and oxygen atoms in total. The highest BCUT2D eigenvalue weighted by atomic mass is 19.4. The highest BCUT2D eigenvalue weighted by molar-refractivity contribution is 5.81. The van der Waals surface area contributed by atoms with E-state index in [1.165, 1.54) is 12.1 Å². The van der Waals surface area contributed by atoms with Crippen LogP contribution in [0.15, 0.2) is 24.3 Å². The molecule has 3 N–H and O–H groups in total. The molecule has 1 amide bonds. The van der Waals surface area contributed by atoms with Gasteiger partial charge in [-0.15, -0.1) is 0 Å². The number of rotatable bonds is 5. The molecule has 0 saturated heterocycles. The molecule has 0 aliphatic rings. The Labute approximate surface area is 122 Å². The third-order valence-corrected chi connectivity index (χ3v) is 2.95. The number of nitrogens with one attached hydrogen (secondary N) is 1. The van der Waals surface area contributed by atoms with Gasteiger partial charge in [-0.3, -0.25) is 4.79 Å². The Morgan fingerprint density at radius 2 is 1.57 bits per heavy atom. The van der Waals surface area contributed by atoms with Gasteiger partial charge in [-0.05, 0) is 38.3 Å². The molecule has 1 unspecified atom stereocenters. The van der Waals surface area contributed by atoms with Gasteiger partial charge in [0.1, 0.15) is 0 Å². The lowest BCUT2D eigenvalue weighted by molar-refractivity contribution is -0.127. The summed E-state index contributed by atoms with van der Waals surface area (Å²) in [6.07, 6.45) is -4.62. The molecule has 0 aromatic heterocycles. The molecule has 1 atom stereocenters. The molecule has 1 aromatic carbocycles. The van der Waals surface area contributed by atoms with Gasteiger partial charge >= 0.3 is 6.18 Å². The van der Waals surface area contributed by atoms with Crippen molar-refractivity contribution < 1.29 is 18.0 Å². The Morgan fingerprint density at radius 3 is 1.95 bits per heavy atom. The van der Waals surface area contributed by atoms with Gasteiger partial charge in [0.15, 0.2) is 0 Å². The first-order valence-corrected chi connectivity index (χ1v) is 6.71. The lowest BCUT2D eigenvalue weighted by Crippen LogP contribution is -2.50. The standard InChI is InChI=1S/C15H21F3N2O/c1-10(19)13(21)20-14(2,3)8-11-4-6-12(7-5-11)9-15(16,17)18/h4-7,10H,8-9,19H2,1-3H3,(H,20,21). The van der Waals surface area contributed by atoms with Crippen molar-refractivity contribution in [3.05, 3.63) is 35.4 Å². The van der Waals surface area contributed by atoms with Crippen LogP contribution in [0.25, 0.3) is 0 Å². The van der Waals surface area contributed by atoms with Crippen LogP contribution < -0.4 is 11.1 Å². The second-order valence-corrected chi connectivity index (χ2v) is 5.95. The average Bonchev–Trinajstić information content (AvgIpc) is 2.28. The van der Waals surface area contributed by atoms with Gasteiger partial charge < -0.3 is 11.1 Å². The minimum absolute atomic E-state index is 0.226. The fraction of sp³-hybridized carbons (Fsp3) is 0.533. The number of hydrogen-bond donors (Lipinski definition) is 2. The number of halogens is 3. The van der Waals surface area contributed by atoms with Gasteiger partial charge in [-0.2, -0.15) is 13.2 Å². The van der Waals surface area contributed by atoms with E-state index in [1.54, 1.807) is 19.1 Å². The summed E-state index contributed by atoms with van der Waals surface area (Å²) in [6, 6.07) is 5.64. The third-order valence-electron chi connectivity index (χ3n) is 2.95. The van der Waals surface area contributed by atoms with Crippen molar-refractivity contribution in [1.82, 2.24) is 5.32 Å². The van der Waals surface area contributed by atoms with E-state index in [4.69, 9.17) is 5.73 Å². The summed E-state index contributed by atoms with van der Waals surface area (Å²) in [4.78, 5) is 11.6. The summed E-state index contributed by atoms with van der Waals surface area (Å²) >= 11 is 0. The lowest BCUT2D eigenvalue weighted by atomic mass is 9.93. The second kappa shape index (κ2) is 6.47. The van der Waals surface area contributed by atoms with Crippen molar-refractivity contribution in [2.24, 2.45) is 5.73 Å². The zero-order valence-electron chi connectivity index (χ0n) is 12.4. The molecule has 0 heterocycles. The molecule has 6 heteroatoms. The molecule has 0 bridgehead atoms. The zero-order chi connectivity index (χ0) is 16.3. The van der Waals surface area contributed by atoms with Crippen molar-refractivity contribution in [3.8, 4) is 0 Å². The van der Waals surface area contributed by atoms with E-state index >= 15 is 0 Å². The molecule has 0 aliphatic carbocycles. The number of alkyl halides is 3. The smallest absolute Gasteiger partial charge is 0.350 e. The van der Waals surface area contributed by atoms with Crippen LogP contribution in [-0.4, -0.2) is 23.7 Å². The number of hydrogen-bond acceptors (Lipinski definition) is 2. The molecular weight excluding hydrogens is 281 g/mol. The molecule has 1 aromatic rings. The number of benzene rings is 1. The highest BCUT2D eigenvalue weighted by Gasteiger charge is 2.27.